The SMILES string of the molecule is CCC(COC)Nc1sc(C(N)=O)c(N)c1C(=O)OC. The second-order valence-corrected chi connectivity index (χ2v) is 5.13. The van der Waals surface area contributed by atoms with Crippen molar-refractivity contribution in [3.63, 3.8) is 0 Å². The molecule has 112 valence electrons. The first kappa shape index (κ1) is 16.3. The van der Waals surface area contributed by atoms with Crippen LogP contribution in [0.15, 0.2) is 0 Å². The molecule has 0 saturated heterocycles. The van der Waals surface area contributed by atoms with Crippen molar-refractivity contribution in [3.05, 3.63) is 10.4 Å². The van der Waals surface area contributed by atoms with Gasteiger partial charge in [-0.1, -0.05) is 6.92 Å². The van der Waals surface area contributed by atoms with Crippen molar-refractivity contribution in [2.45, 2.75) is 19.4 Å². The highest BCUT2D eigenvalue weighted by atomic mass is 32.1. The first-order chi connectivity index (χ1) is 9.46. The summed E-state index contributed by atoms with van der Waals surface area (Å²) in [7, 11) is 2.84. The lowest BCUT2D eigenvalue weighted by Gasteiger charge is -2.16. The second kappa shape index (κ2) is 7.11. The number of nitrogens with two attached hydrogens (primary N) is 2. The number of hydrogen-bond donors (Lipinski definition) is 3. The molecule has 0 saturated carbocycles. The summed E-state index contributed by atoms with van der Waals surface area (Å²) in [5.74, 6) is -1.29. The number of rotatable bonds is 7. The lowest BCUT2D eigenvalue weighted by atomic mass is 10.2. The van der Waals surface area contributed by atoms with Crippen LogP contribution in [0.1, 0.15) is 33.4 Å². The summed E-state index contributed by atoms with van der Waals surface area (Å²) in [6.07, 6.45) is 0.776. The minimum Gasteiger partial charge on any atom is -0.465 e. The molecule has 1 atom stereocenters. The molecule has 0 aliphatic rings. The Morgan fingerprint density at radius 1 is 1.40 bits per heavy atom. The third kappa shape index (κ3) is 3.40. The van der Waals surface area contributed by atoms with Crippen molar-refractivity contribution >= 4 is 33.9 Å². The number of thiophene rings is 1. The van der Waals surface area contributed by atoms with E-state index in [4.69, 9.17) is 20.9 Å². The highest BCUT2D eigenvalue weighted by Crippen LogP contribution is 2.36. The molecule has 0 fully saturated rings. The molecule has 1 rings (SSSR count). The third-order valence-corrected chi connectivity index (χ3v) is 3.91. The van der Waals surface area contributed by atoms with Crippen LogP contribution in [0, 0.1) is 0 Å². The van der Waals surface area contributed by atoms with Crippen LogP contribution in [0.25, 0.3) is 0 Å². The van der Waals surface area contributed by atoms with Crippen LogP contribution in [0.5, 0.6) is 0 Å². The Balaban J connectivity index is 3.19. The Kier molecular flexibility index (Phi) is 5.78. The number of nitrogens with one attached hydrogen (secondary N) is 1. The predicted octanol–water partition coefficient (Wildman–Crippen LogP) is 1.05. The van der Waals surface area contributed by atoms with E-state index in [1.54, 1.807) is 7.11 Å². The third-order valence-electron chi connectivity index (χ3n) is 2.75. The molecule has 7 nitrogen and oxygen atoms in total. The summed E-state index contributed by atoms with van der Waals surface area (Å²) in [6.45, 7) is 2.43. The lowest BCUT2D eigenvalue weighted by Crippen LogP contribution is -2.24. The molecule has 0 radical (unpaired) electrons. The summed E-state index contributed by atoms with van der Waals surface area (Å²) in [5.41, 5.74) is 11.2. The van der Waals surface area contributed by atoms with Crippen LogP contribution in [0.4, 0.5) is 10.7 Å². The number of carbonyl (C=O) groups excluding carboxylic acids is 2. The fraction of sp³-hybridized carbons (Fsp3) is 0.500. The zero-order valence-electron chi connectivity index (χ0n) is 11.7. The van der Waals surface area contributed by atoms with Gasteiger partial charge in [0.05, 0.1) is 19.4 Å². The van der Waals surface area contributed by atoms with Gasteiger partial charge < -0.3 is 26.3 Å². The molecular weight excluding hydrogens is 282 g/mol. The molecule has 1 unspecified atom stereocenters. The monoisotopic (exact) mass is 301 g/mol. The number of carbonyl (C=O) groups is 2. The summed E-state index contributed by atoms with van der Waals surface area (Å²) in [6, 6.07) is -0.0119. The number of esters is 1. The number of ether oxygens (including phenoxy) is 2. The van der Waals surface area contributed by atoms with E-state index in [9.17, 15) is 9.59 Å². The van der Waals surface area contributed by atoms with Crippen LogP contribution in [-0.2, 0) is 9.47 Å². The highest BCUT2D eigenvalue weighted by molar-refractivity contribution is 7.19. The Morgan fingerprint density at radius 3 is 2.50 bits per heavy atom. The average molecular weight is 301 g/mol. The summed E-state index contributed by atoms with van der Waals surface area (Å²) in [4.78, 5) is 23.3. The van der Waals surface area contributed by atoms with Crippen LogP contribution < -0.4 is 16.8 Å². The van der Waals surface area contributed by atoms with E-state index in [-0.39, 0.29) is 22.2 Å². The van der Waals surface area contributed by atoms with Crippen LogP contribution in [-0.4, -0.2) is 38.7 Å². The molecule has 1 aromatic rings. The highest BCUT2D eigenvalue weighted by Gasteiger charge is 2.26. The largest absolute Gasteiger partial charge is 0.465 e. The van der Waals surface area contributed by atoms with Gasteiger partial charge in [0.15, 0.2) is 0 Å². The van der Waals surface area contributed by atoms with Crippen molar-refractivity contribution < 1.29 is 19.1 Å². The van der Waals surface area contributed by atoms with Gasteiger partial charge in [0.1, 0.15) is 15.4 Å². The van der Waals surface area contributed by atoms with E-state index < -0.39 is 11.9 Å². The maximum atomic E-state index is 11.8. The number of hydrogen-bond acceptors (Lipinski definition) is 7. The van der Waals surface area contributed by atoms with Gasteiger partial charge in [0, 0.05) is 13.2 Å². The van der Waals surface area contributed by atoms with E-state index in [0.717, 1.165) is 17.8 Å². The maximum absolute atomic E-state index is 11.8. The van der Waals surface area contributed by atoms with Gasteiger partial charge in [-0.2, -0.15) is 0 Å². The fourth-order valence-corrected chi connectivity index (χ4v) is 2.72. The minimum absolute atomic E-state index is 0.0119. The molecular formula is C12H19N3O4S. The normalized spacial score (nSPS) is 11.9. The number of amides is 1. The molecule has 1 aromatic heterocycles. The molecule has 0 aliphatic carbocycles. The smallest absolute Gasteiger partial charge is 0.343 e. The van der Waals surface area contributed by atoms with Crippen molar-refractivity contribution in [1.29, 1.82) is 0 Å². The second-order valence-electron chi connectivity index (χ2n) is 4.11. The van der Waals surface area contributed by atoms with Gasteiger partial charge in [0.25, 0.3) is 5.91 Å². The topological polar surface area (TPSA) is 117 Å². The number of methoxy groups -OCH3 is 2. The zero-order chi connectivity index (χ0) is 15.3. The van der Waals surface area contributed by atoms with Gasteiger partial charge in [-0.25, -0.2) is 4.79 Å². The number of nitrogen functional groups attached to an aromatic ring is 1. The van der Waals surface area contributed by atoms with Gasteiger partial charge in [0.2, 0.25) is 0 Å². The molecule has 5 N–H and O–H groups in total. The van der Waals surface area contributed by atoms with E-state index >= 15 is 0 Å². The Hall–Kier alpha value is -1.80. The average Bonchev–Trinajstić information content (AvgIpc) is 2.74. The van der Waals surface area contributed by atoms with Crippen molar-refractivity contribution in [2.75, 3.05) is 31.9 Å². The molecule has 1 heterocycles. The van der Waals surface area contributed by atoms with E-state index in [2.05, 4.69) is 5.32 Å². The molecule has 0 aliphatic heterocycles. The first-order valence-electron chi connectivity index (χ1n) is 6.02. The fourth-order valence-electron chi connectivity index (χ4n) is 1.68. The van der Waals surface area contributed by atoms with E-state index in [0.29, 0.717) is 11.6 Å². The molecule has 0 aromatic carbocycles. The molecule has 8 heteroatoms. The van der Waals surface area contributed by atoms with Crippen LogP contribution in [0.3, 0.4) is 0 Å². The molecule has 20 heavy (non-hydrogen) atoms. The predicted molar refractivity (Wildman–Crippen MR) is 78.2 cm³/mol. The quantitative estimate of drug-likeness (QED) is 0.648. The standard InChI is InChI=1S/C12H19N3O4S/c1-4-6(5-18-2)15-11-7(12(17)19-3)8(13)9(20-11)10(14)16/h6,15H,4-5,13H2,1-3H3,(H2,14,16). The lowest BCUT2D eigenvalue weighted by molar-refractivity contribution is 0.0603. The van der Waals surface area contributed by atoms with Gasteiger partial charge in [-0.05, 0) is 6.42 Å². The van der Waals surface area contributed by atoms with Gasteiger partial charge in [-0.3, -0.25) is 4.79 Å². The number of anilines is 2. The first-order valence-corrected chi connectivity index (χ1v) is 6.83. The van der Waals surface area contributed by atoms with Crippen LogP contribution in [0.2, 0.25) is 0 Å². The van der Waals surface area contributed by atoms with Crippen molar-refractivity contribution in [3.8, 4) is 0 Å². The maximum Gasteiger partial charge on any atom is 0.343 e. The Bertz CT molecular complexity index is 501. The summed E-state index contributed by atoms with van der Waals surface area (Å²) in [5, 5.41) is 3.60. The molecule has 1 amide bonds. The van der Waals surface area contributed by atoms with Crippen molar-refractivity contribution in [2.24, 2.45) is 5.73 Å². The zero-order valence-corrected chi connectivity index (χ0v) is 12.5. The van der Waals surface area contributed by atoms with E-state index in [1.807, 2.05) is 6.92 Å². The summed E-state index contributed by atoms with van der Waals surface area (Å²) < 4.78 is 9.77. The summed E-state index contributed by atoms with van der Waals surface area (Å²) >= 11 is 1.04. The Labute approximate surface area is 121 Å². The molecule has 0 spiro atoms. The van der Waals surface area contributed by atoms with Crippen LogP contribution >= 0.6 is 11.3 Å². The van der Waals surface area contributed by atoms with Gasteiger partial charge >= 0.3 is 5.97 Å². The Morgan fingerprint density at radius 2 is 2.05 bits per heavy atom. The van der Waals surface area contributed by atoms with E-state index in [1.165, 1.54) is 7.11 Å². The minimum atomic E-state index is -0.675. The number of primary amides is 1. The molecule has 0 bridgehead atoms. The van der Waals surface area contributed by atoms with Crippen molar-refractivity contribution in [1.82, 2.24) is 0 Å². The van der Waals surface area contributed by atoms with Gasteiger partial charge in [-0.15, -0.1) is 11.3 Å².